The summed E-state index contributed by atoms with van der Waals surface area (Å²) in [5.74, 6) is -0.222. The SMILES string of the molecule is CSc1cccc2sc(N(CC3CCCO3)C(=O)c3ccc(S(=O)(=O)N4CCOCC4)cc3)nc12. The number of ether oxygens (including phenoxy) is 2. The molecule has 186 valence electrons. The van der Waals surface area contributed by atoms with Crippen molar-refractivity contribution < 1.29 is 22.7 Å². The summed E-state index contributed by atoms with van der Waals surface area (Å²) in [5, 5.41) is 0.618. The van der Waals surface area contributed by atoms with Crippen molar-refractivity contribution in [1.29, 1.82) is 0 Å². The van der Waals surface area contributed by atoms with E-state index in [9.17, 15) is 13.2 Å². The number of morpholine rings is 1. The zero-order valence-corrected chi connectivity index (χ0v) is 21.8. The molecule has 3 aromatic rings. The van der Waals surface area contributed by atoms with E-state index in [1.165, 1.54) is 27.8 Å². The highest BCUT2D eigenvalue weighted by Gasteiger charge is 2.29. The van der Waals surface area contributed by atoms with E-state index in [0.29, 0.717) is 50.1 Å². The number of anilines is 1. The predicted octanol–water partition coefficient (Wildman–Crippen LogP) is 3.86. The van der Waals surface area contributed by atoms with E-state index in [1.54, 1.807) is 28.8 Å². The van der Waals surface area contributed by atoms with Gasteiger partial charge in [-0.2, -0.15) is 4.31 Å². The fraction of sp³-hybridized carbons (Fsp3) is 0.417. The Hall–Kier alpha value is -2.02. The van der Waals surface area contributed by atoms with Crippen LogP contribution < -0.4 is 4.90 Å². The number of para-hydroxylation sites is 1. The van der Waals surface area contributed by atoms with Crippen molar-refractivity contribution >= 4 is 54.4 Å². The number of thioether (sulfide) groups is 1. The number of rotatable bonds is 7. The molecule has 0 spiro atoms. The van der Waals surface area contributed by atoms with Gasteiger partial charge in [-0.1, -0.05) is 17.4 Å². The largest absolute Gasteiger partial charge is 0.379 e. The van der Waals surface area contributed by atoms with Crippen LogP contribution in [-0.2, 0) is 19.5 Å². The van der Waals surface area contributed by atoms with Crippen molar-refractivity contribution in [1.82, 2.24) is 9.29 Å². The summed E-state index contributed by atoms with van der Waals surface area (Å²) in [5.41, 5.74) is 1.30. The maximum absolute atomic E-state index is 13.7. The highest BCUT2D eigenvalue weighted by molar-refractivity contribution is 7.98. The van der Waals surface area contributed by atoms with Crippen LogP contribution in [0.1, 0.15) is 23.2 Å². The molecule has 5 rings (SSSR count). The Morgan fingerprint density at radius 3 is 2.63 bits per heavy atom. The normalized spacial score (nSPS) is 19.3. The smallest absolute Gasteiger partial charge is 0.260 e. The van der Waals surface area contributed by atoms with Gasteiger partial charge in [0, 0.05) is 30.2 Å². The lowest BCUT2D eigenvalue weighted by Crippen LogP contribution is -2.40. The fourth-order valence-corrected chi connectivity index (χ4v) is 7.33. The van der Waals surface area contributed by atoms with Gasteiger partial charge < -0.3 is 9.47 Å². The number of amides is 1. The number of aromatic nitrogens is 1. The monoisotopic (exact) mass is 533 g/mol. The Bertz CT molecular complexity index is 1300. The highest BCUT2D eigenvalue weighted by atomic mass is 32.2. The minimum absolute atomic E-state index is 0.0491. The number of fused-ring (bicyclic) bond motifs is 1. The van der Waals surface area contributed by atoms with Crippen LogP contribution in [-0.4, -0.2) is 75.4 Å². The number of hydrogen-bond acceptors (Lipinski definition) is 8. The summed E-state index contributed by atoms with van der Waals surface area (Å²) in [7, 11) is -3.62. The van der Waals surface area contributed by atoms with Crippen LogP contribution in [0.2, 0.25) is 0 Å². The quantitative estimate of drug-likeness (QED) is 0.426. The molecular formula is C24H27N3O5S3. The van der Waals surface area contributed by atoms with Crippen molar-refractivity contribution in [3.63, 3.8) is 0 Å². The number of nitrogens with zero attached hydrogens (tertiary/aromatic N) is 3. The van der Waals surface area contributed by atoms with E-state index in [0.717, 1.165) is 28.0 Å². The predicted molar refractivity (Wildman–Crippen MR) is 138 cm³/mol. The number of sulfonamides is 1. The first-order valence-electron chi connectivity index (χ1n) is 11.5. The van der Waals surface area contributed by atoms with Crippen LogP contribution >= 0.6 is 23.1 Å². The molecule has 1 atom stereocenters. The van der Waals surface area contributed by atoms with Gasteiger partial charge in [-0.15, -0.1) is 11.8 Å². The first-order valence-corrected chi connectivity index (χ1v) is 15.0. The minimum Gasteiger partial charge on any atom is -0.379 e. The summed E-state index contributed by atoms with van der Waals surface area (Å²) in [4.78, 5) is 21.4. The number of carbonyl (C=O) groups excluding carboxylic acids is 1. The van der Waals surface area contributed by atoms with Crippen molar-refractivity contribution in [2.75, 3.05) is 50.6 Å². The molecule has 0 saturated carbocycles. The number of carbonyl (C=O) groups is 1. The van der Waals surface area contributed by atoms with Gasteiger partial charge in [0.2, 0.25) is 10.0 Å². The van der Waals surface area contributed by atoms with Gasteiger partial charge in [-0.25, -0.2) is 13.4 Å². The zero-order valence-electron chi connectivity index (χ0n) is 19.4. The Morgan fingerprint density at radius 2 is 1.94 bits per heavy atom. The van der Waals surface area contributed by atoms with E-state index in [4.69, 9.17) is 14.5 Å². The Morgan fingerprint density at radius 1 is 1.17 bits per heavy atom. The van der Waals surface area contributed by atoms with Gasteiger partial charge in [0.15, 0.2) is 5.13 Å². The second-order valence-corrected chi connectivity index (χ2v) is 12.2. The molecule has 0 bridgehead atoms. The first-order chi connectivity index (χ1) is 17.0. The number of thiazole rings is 1. The van der Waals surface area contributed by atoms with Crippen LogP contribution in [0.5, 0.6) is 0 Å². The average molecular weight is 534 g/mol. The van der Waals surface area contributed by atoms with Crippen molar-refractivity contribution in [2.45, 2.75) is 28.7 Å². The van der Waals surface area contributed by atoms with Crippen LogP contribution in [0.4, 0.5) is 5.13 Å². The van der Waals surface area contributed by atoms with E-state index < -0.39 is 10.0 Å². The van der Waals surface area contributed by atoms with Gasteiger partial charge in [0.1, 0.15) is 0 Å². The lowest BCUT2D eigenvalue weighted by atomic mass is 10.2. The van der Waals surface area contributed by atoms with Gasteiger partial charge >= 0.3 is 0 Å². The van der Waals surface area contributed by atoms with Gasteiger partial charge in [-0.05, 0) is 55.5 Å². The van der Waals surface area contributed by atoms with Crippen LogP contribution in [0.3, 0.4) is 0 Å². The van der Waals surface area contributed by atoms with Crippen molar-refractivity contribution in [3.05, 3.63) is 48.0 Å². The lowest BCUT2D eigenvalue weighted by molar-refractivity contribution is 0.0730. The molecule has 0 N–H and O–H groups in total. The van der Waals surface area contributed by atoms with Crippen LogP contribution in [0.25, 0.3) is 10.2 Å². The molecule has 1 aromatic heterocycles. The maximum atomic E-state index is 13.7. The van der Waals surface area contributed by atoms with E-state index in [-0.39, 0.29) is 16.9 Å². The molecule has 3 heterocycles. The molecule has 2 aromatic carbocycles. The number of hydrogen-bond donors (Lipinski definition) is 0. The summed E-state index contributed by atoms with van der Waals surface area (Å²) in [6.07, 6.45) is 3.82. The third-order valence-corrected chi connectivity index (χ3v) is 9.91. The van der Waals surface area contributed by atoms with E-state index in [2.05, 4.69) is 0 Å². The second kappa shape index (κ2) is 10.5. The topological polar surface area (TPSA) is 89.0 Å². The molecule has 0 radical (unpaired) electrons. The third-order valence-electron chi connectivity index (χ3n) is 6.19. The molecule has 2 aliphatic heterocycles. The third kappa shape index (κ3) is 5.11. The fourth-order valence-electron chi connectivity index (χ4n) is 4.29. The molecule has 0 aliphatic carbocycles. The van der Waals surface area contributed by atoms with Gasteiger partial charge in [0.25, 0.3) is 5.91 Å². The molecule has 11 heteroatoms. The summed E-state index contributed by atoms with van der Waals surface area (Å²) in [6, 6.07) is 12.2. The molecular weight excluding hydrogens is 506 g/mol. The Labute approximate surface area is 213 Å². The average Bonchev–Trinajstić information content (AvgIpc) is 3.57. The summed E-state index contributed by atoms with van der Waals surface area (Å²) >= 11 is 3.10. The minimum atomic E-state index is -3.62. The van der Waals surface area contributed by atoms with Crippen molar-refractivity contribution in [2.24, 2.45) is 0 Å². The summed E-state index contributed by atoms with van der Waals surface area (Å²) in [6.45, 7) is 2.52. The van der Waals surface area contributed by atoms with Crippen molar-refractivity contribution in [3.8, 4) is 0 Å². The van der Waals surface area contributed by atoms with Gasteiger partial charge in [0.05, 0.1) is 41.0 Å². The van der Waals surface area contributed by atoms with E-state index in [1.807, 2.05) is 24.5 Å². The molecule has 1 unspecified atom stereocenters. The second-order valence-electron chi connectivity index (χ2n) is 8.40. The molecule has 2 saturated heterocycles. The van der Waals surface area contributed by atoms with Crippen LogP contribution in [0.15, 0.2) is 52.3 Å². The molecule has 35 heavy (non-hydrogen) atoms. The Kier molecular flexibility index (Phi) is 7.42. The van der Waals surface area contributed by atoms with Gasteiger partial charge in [-0.3, -0.25) is 9.69 Å². The zero-order chi connectivity index (χ0) is 24.4. The first kappa shape index (κ1) is 24.7. The Balaban J connectivity index is 1.44. The molecule has 2 fully saturated rings. The van der Waals surface area contributed by atoms with E-state index >= 15 is 0 Å². The standard InChI is InChI=1S/C24H27N3O5S3/c1-33-20-5-2-6-21-22(20)25-24(34-21)27(16-18-4-3-13-32-18)23(28)17-7-9-19(10-8-17)35(29,30)26-11-14-31-15-12-26/h2,5-10,18H,3-4,11-16H2,1H3. The molecule has 1 amide bonds. The highest BCUT2D eigenvalue weighted by Crippen LogP contribution is 2.35. The molecule has 8 nitrogen and oxygen atoms in total. The maximum Gasteiger partial charge on any atom is 0.260 e. The summed E-state index contributed by atoms with van der Waals surface area (Å²) < 4.78 is 39.5. The molecule has 2 aliphatic rings. The van der Waals surface area contributed by atoms with Crippen LogP contribution in [0, 0.1) is 0 Å². The lowest BCUT2D eigenvalue weighted by Gasteiger charge is -2.26. The number of benzene rings is 2.